The molecule has 0 aliphatic heterocycles. The molecular weight excluding hydrogens is 392 g/mol. The molecule has 0 saturated carbocycles. The second kappa shape index (κ2) is 9.65. The molecule has 0 fully saturated rings. The molecule has 0 atom stereocenters. The first-order chi connectivity index (χ1) is 13.6. The first kappa shape index (κ1) is 22.5. The van der Waals surface area contributed by atoms with Crippen molar-refractivity contribution in [3.8, 4) is 11.5 Å². The molecule has 158 valence electrons. The van der Waals surface area contributed by atoms with Gasteiger partial charge in [0.2, 0.25) is 0 Å². The van der Waals surface area contributed by atoms with Gasteiger partial charge in [0.15, 0.2) is 0 Å². The number of methoxy groups -OCH3 is 1. The summed E-state index contributed by atoms with van der Waals surface area (Å²) >= 11 is 0. The van der Waals surface area contributed by atoms with Crippen molar-refractivity contribution in [2.24, 2.45) is 0 Å². The van der Waals surface area contributed by atoms with Crippen LogP contribution in [0.25, 0.3) is 0 Å². The smallest absolute Gasteiger partial charge is 0.322 e. The molecule has 1 N–H and O–H groups in total. The lowest BCUT2D eigenvalue weighted by Gasteiger charge is -2.27. The Hall–Kier alpha value is -2.74. The van der Waals surface area contributed by atoms with Gasteiger partial charge in [0.25, 0.3) is 0 Å². The summed E-state index contributed by atoms with van der Waals surface area (Å²) in [5, 5.41) is 2.22. The zero-order valence-corrected chi connectivity index (χ0v) is 18.2. The molecule has 0 aromatic heterocycles. The van der Waals surface area contributed by atoms with Gasteiger partial charge in [-0.05, 0) is 57.5 Å². The standard InChI is InChI=1S/C21H28N2O5S/c1-15(2)23(21(24)22-19-11-6-7-12-20(19)27-5)14-17-9-8-10-18(13-17)28-29(25,26)16(3)4/h6-13,15-16H,14H2,1-5H3,(H,22,24). The minimum Gasteiger partial charge on any atom is -0.495 e. The van der Waals surface area contributed by atoms with Crippen molar-refractivity contribution in [2.45, 2.75) is 45.5 Å². The lowest BCUT2D eigenvalue weighted by atomic mass is 10.2. The lowest BCUT2D eigenvalue weighted by Crippen LogP contribution is -2.39. The summed E-state index contributed by atoms with van der Waals surface area (Å²) in [7, 11) is -2.14. The number of benzene rings is 2. The third-order valence-electron chi connectivity index (χ3n) is 4.27. The van der Waals surface area contributed by atoms with Crippen molar-refractivity contribution in [3.05, 3.63) is 54.1 Å². The van der Waals surface area contributed by atoms with Crippen molar-refractivity contribution in [2.75, 3.05) is 12.4 Å². The number of carbonyl (C=O) groups excluding carboxylic acids is 1. The van der Waals surface area contributed by atoms with Crippen molar-refractivity contribution >= 4 is 21.8 Å². The number of nitrogens with one attached hydrogen (secondary N) is 1. The Kier molecular flexibility index (Phi) is 7.50. The Labute approximate surface area is 172 Å². The fourth-order valence-corrected chi connectivity index (χ4v) is 3.11. The quantitative estimate of drug-likeness (QED) is 0.645. The van der Waals surface area contributed by atoms with Gasteiger partial charge in [-0.3, -0.25) is 0 Å². The molecule has 0 aliphatic carbocycles. The van der Waals surface area contributed by atoms with Crippen LogP contribution < -0.4 is 14.2 Å². The van der Waals surface area contributed by atoms with Crippen molar-refractivity contribution < 1.29 is 22.1 Å². The average molecular weight is 421 g/mol. The molecule has 2 amide bonds. The number of anilines is 1. The zero-order chi connectivity index (χ0) is 21.6. The van der Waals surface area contributed by atoms with E-state index in [0.29, 0.717) is 11.4 Å². The summed E-state index contributed by atoms with van der Waals surface area (Å²) in [6, 6.07) is 13.5. The Bertz CT molecular complexity index is 942. The van der Waals surface area contributed by atoms with Gasteiger partial charge in [0.1, 0.15) is 11.5 Å². The van der Waals surface area contributed by atoms with Crippen LogP contribution in [0.4, 0.5) is 10.5 Å². The van der Waals surface area contributed by atoms with E-state index >= 15 is 0 Å². The van der Waals surface area contributed by atoms with E-state index in [-0.39, 0.29) is 24.4 Å². The third-order valence-corrected chi connectivity index (χ3v) is 5.85. The normalized spacial score (nSPS) is 11.4. The minimum atomic E-state index is -3.68. The predicted octanol–water partition coefficient (Wildman–Crippen LogP) is 4.25. The Balaban J connectivity index is 2.18. The summed E-state index contributed by atoms with van der Waals surface area (Å²) in [6.45, 7) is 7.22. The lowest BCUT2D eigenvalue weighted by molar-refractivity contribution is 0.193. The maximum absolute atomic E-state index is 12.9. The molecule has 2 aromatic carbocycles. The molecule has 0 aliphatic rings. The maximum atomic E-state index is 12.9. The van der Waals surface area contributed by atoms with Crippen LogP contribution in [-0.4, -0.2) is 37.8 Å². The third kappa shape index (κ3) is 6.12. The van der Waals surface area contributed by atoms with Crippen molar-refractivity contribution in [3.63, 3.8) is 0 Å². The van der Waals surface area contributed by atoms with E-state index in [0.717, 1.165) is 5.56 Å². The van der Waals surface area contributed by atoms with Crippen LogP contribution in [0.2, 0.25) is 0 Å². The Morgan fingerprint density at radius 3 is 2.38 bits per heavy atom. The second-order valence-corrected chi connectivity index (χ2v) is 9.22. The monoisotopic (exact) mass is 420 g/mol. The molecule has 0 radical (unpaired) electrons. The van der Waals surface area contributed by atoms with Crippen LogP contribution in [0.15, 0.2) is 48.5 Å². The van der Waals surface area contributed by atoms with Crippen molar-refractivity contribution in [1.82, 2.24) is 4.90 Å². The highest BCUT2D eigenvalue weighted by molar-refractivity contribution is 7.87. The maximum Gasteiger partial charge on any atom is 0.322 e. The first-order valence-electron chi connectivity index (χ1n) is 9.37. The van der Waals surface area contributed by atoms with Crippen LogP contribution in [-0.2, 0) is 16.7 Å². The Morgan fingerprint density at radius 1 is 1.07 bits per heavy atom. The topological polar surface area (TPSA) is 84.9 Å². The van der Waals surface area contributed by atoms with Gasteiger partial charge in [0.05, 0.1) is 18.0 Å². The van der Waals surface area contributed by atoms with Gasteiger partial charge >= 0.3 is 16.1 Å². The van der Waals surface area contributed by atoms with Crippen LogP contribution >= 0.6 is 0 Å². The van der Waals surface area contributed by atoms with Crippen LogP contribution in [0, 0.1) is 0 Å². The molecule has 0 bridgehead atoms. The van der Waals surface area contributed by atoms with Gasteiger partial charge in [-0.15, -0.1) is 0 Å². The minimum absolute atomic E-state index is 0.0892. The Morgan fingerprint density at radius 2 is 1.76 bits per heavy atom. The molecule has 2 aromatic rings. The number of nitrogens with zero attached hydrogens (tertiary/aromatic N) is 1. The number of para-hydroxylation sites is 2. The zero-order valence-electron chi connectivity index (χ0n) is 17.4. The van der Waals surface area contributed by atoms with E-state index in [1.807, 2.05) is 32.0 Å². The van der Waals surface area contributed by atoms with E-state index < -0.39 is 15.4 Å². The highest BCUT2D eigenvalue weighted by Crippen LogP contribution is 2.24. The van der Waals surface area contributed by atoms with Crippen LogP contribution in [0.1, 0.15) is 33.3 Å². The van der Waals surface area contributed by atoms with Crippen LogP contribution in [0.5, 0.6) is 11.5 Å². The molecular formula is C21H28N2O5S. The number of ether oxygens (including phenoxy) is 1. The number of hydrogen-bond donors (Lipinski definition) is 1. The predicted molar refractivity (Wildman–Crippen MR) is 114 cm³/mol. The number of rotatable bonds is 8. The molecule has 0 spiro atoms. The van der Waals surface area contributed by atoms with E-state index in [9.17, 15) is 13.2 Å². The molecule has 29 heavy (non-hydrogen) atoms. The van der Waals surface area contributed by atoms with Gasteiger partial charge in [0, 0.05) is 12.6 Å². The fourth-order valence-electron chi connectivity index (χ4n) is 2.55. The number of amides is 2. The summed E-state index contributed by atoms with van der Waals surface area (Å²) in [6.07, 6.45) is 0. The van der Waals surface area contributed by atoms with Gasteiger partial charge < -0.3 is 19.1 Å². The molecule has 7 nitrogen and oxygen atoms in total. The SMILES string of the molecule is COc1ccccc1NC(=O)N(Cc1cccc(OS(=O)(=O)C(C)C)c1)C(C)C. The molecule has 0 unspecified atom stereocenters. The molecule has 0 saturated heterocycles. The number of urea groups is 1. The van der Waals surface area contributed by atoms with E-state index in [1.54, 1.807) is 56.2 Å². The summed E-state index contributed by atoms with van der Waals surface area (Å²) in [5.41, 5.74) is 1.33. The van der Waals surface area contributed by atoms with Crippen molar-refractivity contribution in [1.29, 1.82) is 0 Å². The molecule has 8 heteroatoms. The summed E-state index contributed by atoms with van der Waals surface area (Å²) in [5.74, 6) is 0.795. The molecule has 0 heterocycles. The van der Waals surface area contributed by atoms with Crippen LogP contribution in [0.3, 0.4) is 0 Å². The summed E-state index contributed by atoms with van der Waals surface area (Å²) < 4.78 is 34.5. The fraction of sp³-hybridized carbons (Fsp3) is 0.381. The highest BCUT2D eigenvalue weighted by Gasteiger charge is 2.21. The van der Waals surface area contributed by atoms with Gasteiger partial charge in [-0.2, -0.15) is 8.42 Å². The van der Waals surface area contributed by atoms with E-state index in [2.05, 4.69) is 5.32 Å². The molecule has 2 rings (SSSR count). The van der Waals surface area contributed by atoms with E-state index in [1.165, 1.54) is 0 Å². The first-order valence-corrected chi connectivity index (χ1v) is 10.8. The van der Waals surface area contributed by atoms with Gasteiger partial charge in [-0.1, -0.05) is 24.3 Å². The number of carbonyl (C=O) groups is 1. The van der Waals surface area contributed by atoms with E-state index in [4.69, 9.17) is 8.92 Å². The average Bonchev–Trinajstić information content (AvgIpc) is 2.66. The van der Waals surface area contributed by atoms with Gasteiger partial charge in [-0.25, -0.2) is 4.79 Å². The second-order valence-electron chi connectivity index (χ2n) is 7.12. The largest absolute Gasteiger partial charge is 0.495 e. The highest BCUT2D eigenvalue weighted by atomic mass is 32.2. The number of hydrogen-bond acceptors (Lipinski definition) is 5. The summed E-state index contributed by atoms with van der Waals surface area (Å²) in [4.78, 5) is 14.5.